The first-order valence-electron chi connectivity index (χ1n) is 12.9. The largest absolute Gasteiger partial charge is 0.353 e. The zero-order valence-electron chi connectivity index (χ0n) is 22.3. The van der Waals surface area contributed by atoms with Crippen LogP contribution in [0.1, 0.15) is 59.3 Å². The van der Waals surface area contributed by atoms with E-state index in [2.05, 4.69) is 21.3 Å². The van der Waals surface area contributed by atoms with Crippen LogP contribution in [0.25, 0.3) is 0 Å². The predicted molar refractivity (Wildman–Crippen MR) is 141 cm³/mol. The molecule has 1 aliphatic heterocycles. The third kappa shape index (κ3) is 11.9. The van der Waals surface area contributed by atoms with Gasteiger partial charge in [0.05, 0.1) is 0 Å². The first-order valence-corrected chi connectivity index (χ1v) is 12.9. The molecule has 1 aliphatic rings. The zero-order chi connectivity index (χ0) is 28.0. The van der Waals surface area contributed by atoms with E-state index in [1.807, 2.05) is 14.8 Å². The third-order valence-corrected chi connectivity index (χ3v) is 6.05. The fourth-order valence-electron chi connectivity index (χ4n) is 3.66. The number of urea groups is 1. The number of hydrogen-bond acceptors (Lipinski definition) is 6. The molecule has 206 valence electrons. The van der Waals surface area contributed by atoms with Crippen molar-refractivity contribution >= 4 is 43.4 Å². The molecular formula is C24H41BN6O6. The molecule has 0 saturated carbocycles. The van der Waals surface area contributed by atoms with Crippen LogP contribution < -0.4 is 27.0 Å². The summed E-state index contributed by atoms with van der Waals surface area (Å²) in [5, 5.41) is 10.8. The molecule has 6 N–H and O–H groups in total. The molecule has 1 heterocycles. The Labute approximate surface area is 219 Å². The first-order chi connectivity index (χ1) is 17.5. The van der Waals surface area contributed by atoms with Gasteiger partial charge in [-0.25, -0.2) is 4.79 Å². The molecule has 0 bridgehead atoms. The van der Waals surface area contributed by atoms with E-state index in [1.54, 1.807) is 13.8 Å². The van der Waals surface area contributed by atoms with E-state index >= 15 is 0 Å². The molecule has 12 nitrogen and oxygen atoms in total. The van der Waals surface area contributed by atoms with Gasteiger partial charge in [-0.3, -0.25) is 28.9 Å². The Hall–Kier alpha value is -3.38. The molecule has 0 aromatic rings. The second-order valence-electron chi connectivity index (χ2n) is 9.57. The summed E-state index contributed by atoms with van der Waals surface area (Å²) in [4.78, 5) is 73.5. The Bertz CT molecular complexity index is 847. The average Bonchev–Trinajstić information content (AvgIpc) is 3.15. The van der Waals surface area contributed by atoms with Crippen LogP contribution in [0.2, 0.25) is 6.32 Å². The lowest BCUT2D eigenvalue weighted by Gasteiger charge is -2.26. The standard InChI is InChI=1S/C24H41BN6O6/c1-15(2)21(30-18(32)9-5-4-6-13-31-19(33)10-11-20(31)34)23(36)29-17(8-7-12-27-24(26)37)22(35)28-16(3)14-25/h10-11,15-17,21H,4-9,12-14,25H2,1-3H3,(H,28,35)(H,29,36)(H,30,32)(H3,26,27,37)/t16-,17+,21?/m1/s1. The lowest BCUT2D eigenvalue weighted by Crippen LogP contribution is -2.56. The minimum atomic E-state index is -0.833. The van der Waals surface area contributed by atoms with Crippen LogP contribution in [0.4, 0.5) is 4.79 Å². The molecule has 0 fully saturated rings. The van der Waals surface area contributed by atoms with E-state index in [0.717, 1.165) is 11.2 Å². The van der Waals surface area contributed by atoms with Gasteiger partial charge in [0.25, 0.3) is 11.8 Å². The number of primary amides is 1. The summed E-state index contributed by atoms with van der Waals surface area (Å²) in [5.41, 5.74) is 5.07. The maximum atomic E-state index is 13.0. The number of nitrogens with two attached hydrogens (primary N) is 1. The summed E-state index contributed by atoms with van der Waals surface area (Å²) in [6.07, 6.45) is 5.85. The van der Waals surface area contributed by atoms with E-state index in [-0.39, 0.29) is 55.0 Å². The number of amides is 7. The fraction of sp³-hybridized carbons (Fsp3) is 0.667. The molecule has 0 aliphatic carbocycles. The summed E-state index contributed by atoms with van der Waals surface area (Å²) in [6.45, 7) is 6.03. The number of carbonyl (C=O) groups excluding carboxylic acids is 6. The van der Waals surface area contributed by atoms with Gasteiger partial charge in [0.1, 0.15) is 19.9 Å². The van der Waals surface area contributed by atoms with Crippen LogP contribution in [-0.4, -0.2) is 79.5 Å². The molecule has 37 heavy (non-hydrogen) atoms. The van der Waals surface area contributed by atoms with Crippen LogP contribution in [0.5, 0.6) is 0 Å². The second-order valence-corrected chi connectivity index (χ2v) is 9.57. The smallest absolute Gasteiger partial charge is 0.312 e. The van der Waals surface area contributed by atoms with E-state index in [1.165, 1.54) is 12.2 Å². The third-order valence-electron chi connectivity index (χ3n) is 6.05. The van der Waals surface area contributed by atoms with Crippen molar-refractivity contribution in [1.82, 2.24) is 26.2 Å². The van der Waals surface area contributed by atoms with E-state index in [0.29, 0.717) is 32.2 Å². The van der Waals surface area contributed by atoms with Crippen LogP contribution in [0.15, 0.2) is 12.2 Å². The van der Waals surface area contributed by atoms with Gasteiger partial charge in [-0.2, -0.15) is 0 Å². The van der Waals surface area contributed by atoms with Crippen LogP contribution in [0.3, 0.4) is 0 Å². The fourth-order valence-corrected chi connectivity index (χ4v) is 3.66. The summed E-state index contributed by atoms with van der Waals surface area (Å²) in [7, 11) is 1.93. The Balaban J connectivity index is 2.59. The van der Waals surface area contributed by atoms with E-state index < -0.39 is 24.0 Å². The molecule has 0 saturated heterocycles. The van der Waals surface area contributed by atoms with Gasteiger partial charge >= 0.3 is 6.03 Å². The normalized spacial score (nSPS) is 15.3. The predicted octanol–water partition coefficient (Wildman–Crippen LogP) is -0.898. The van der Waals surface area contributed by atoms with Gasteiger partial charge < -0.3 is 27.0 Å². The van der Waals surface area contributed by atoms with Crippen molar-refractivity contribution in [3.8, 4) is 0 Å². The summed E-state index contributed by atoms with van der Waals surface area (Å²) in [6, 6.07) is -2.41. The van der Waals surface area contributed by atoms with Gasteiger partial charge in [-0.05, 0) is 38.5 Å². The van der Waals surface area contributed by atoms with Gasteiger partial charge in [0.2, 0.25) is 17.7 Å². The highest BCUT2D eigenvalue weighted by Crippen LogP contribution is 2.09. The van der Waals surface area contributed by atoms with Crippen molar-refractivity contribution in [3.63, 3.8) is 0 Å². The monoisotopic (exact) mass is 520 g/mol. The molecule has 1 unspecified atom stereocenters. The molecule has 3 atom stereocenters. The average molecular weight is 520 g/mol. The van der Waals surface area contributed by atoms with Crippen LogP contribution >= 0.6 is 0 Å². The van der Waals surface area contributed by atoms with Crippen molar-refractivity contribution in [2.45, 2.75) is 83.7 Å². The van der Waals surface area contributed by atoms with Crippen molar-refractivity contribution < 1.29 is 28.8 Å². The van der Waals surface area contributed by atoms with Gasteiger partial charge in [0, 0.05) is 37.7 Å². The second kappa shape index (κ2) is 16.4. The lowest BCUT2D eigenvalue weighted by molar-refractivity contribution is -0.137. The highest BCUT2D eigenvalue weighted by Gasteiger charge is 2.29. The molecule has 0 aromatic heterocycles. The van der Waals surface area contributed by atoms with Crippen molar-refractivity contribution in [2.75, 3.05) is 13.1 Å². The molecule has 13 heteroatoms. The summed E-state index contributed by atoms with van der Waals surface area (Å²) in [5.74, 6) is -1.97. The number of unbranched alkanes of at least 4 members (excludes halogenated alkanes) is 2. The first kappa shape index (κ1) is 31.7. The van der Waals surface area contributed by atoms with E-state index in [4.69, 9.17) is 5.73 Å². The Morgan fingerprint density at radius 1 is 0.919 bits per heavy atom. The summed E-state index contributed by atoms with van der Waals surface area (Å²) < 4.78 is 0. The Morgan fingerprint density at radius 2 is 1.57 bits per heavy atom. The Kier molecular flexibility index (Phi) is 14.0. The number of hydrogen-bond donors (Lipinski definition) is 5. The zero-order valence-corrected chi connectivity index (χ0v) is 22.3. The SMILES string of the molecule is BC[C@@H](C)NC(=O)[C@H](CCCNC(N)=O)NC(=O)C(NC(=O)CCCCCN1C(=O)C=CC1=O)C(C)C. The molecule has 0 spiro atoms. The number of imide groups is 1. The molecule has 1 rings (SSSR count). The van der Waals surface area contributed by atoms with Crippen LogP contribution in [-0.2, 0) is 24.0 Å². The van der Waals surface area contributed by atoms with Crippen molar-refractivity contribution in [2.24, 2.45) is 11.7 Å². The van der Waals surface area contributed by atoms with Gasteiger partial charge in [-0.1, -0.05) is 26.6 Å². The lowest BCUT2D eigenvalue weighted by atomic mass is 9.98. The molecule has 7 amide bonds. The van der Waals surface area contributed by atoms with Crippen molar-refractivity contribution in [1.29, 1.82) is 0 Å². The minimum Gasteiger partial charge on any atom is -0.353 e. The highest BCUT2D eigenvalue weighted by molar-refractivity contribution is 6.12. The topological polar surface area (TPSA) is 180 Å². The van der Waals surface area contributed by atoms with Crippen molar-refractivity contribution in [3.05, 3.63) is 12.2 Å². The van der Waals surface area contributed by atoms with Crippen LogP contribution in [0, 0.1) is 5.92 Å². The quantitative estimate of drug-likeness (QED) is 0.0942. The van der Waals surface area contributed by atoms with Gasteiger partial charge in [0.15, 0.2) is 0 Å². The number of rotatable bonds is 17. The minimum absolute atomic E-state index is 0.0748. The van der Waals surface area contributed by atoms with Gasteiger partial charge in [-0.15, -0.1) is 0 Å². The number of nitrogens with one attached hydrogen (secondary N) is 4. The summed E-state index contributed by atoms with van der Waals surface area (Å²) >= 11 is 0. The van der Waals surface area contributed by atoms with E-state index in [9.17, 15) is 28.8 Å². The number of nitrogens with zero attached hydrogens (tertiary/aromatic N) is 1. The highest BCUT2D eigenvalue weighted by atomic mass is 16.2. The molecule has 0 radical (unpaired) electrons. The maximum Gasteiger partial charge on any atom is 0.312 e. The molecular weight excluding hydrogens is 479 g/mol. The maximum absolute atomic E-state index is 13.0. The number of carbonyl (C=O) groups is 6. The Morgan fingerprint density at radius 3 is 2.14 bits per heavy atom. The molecule has 0 aromatic carbocycles.